The van der Waals surface area contributed by atoms with E-state index in [-0.39, 0.29) is 0 Å². The lowest BCUT2D eigenvalue weighted by Gasteiger charge is -2.12. The Labute approximate surface area is 77.6 Å². The third-order valence-corrected chi connectivity index (χ3v) is 3.27. The van der Waals surface area contributed by atoms with Gasteiger partial charge in [0.05, 0.1) is 0 Å². The van der Waals surface area contributed by atoms with Crippen LogP contribution in [0.1, 0.15) is 25.7 Å². The highest BCUT2D eigenvalue weighted by molar-refractivity contribution is 7.84. The van der Waals surface area contributed by atoms with Gasteiger partial charge in [-0.1, -0.05) is 6.42 Å². The second-order valence-corrected chi connectivity index (χ2v) is 5.19. The molecule has 0 amide bonds. The molecule has 1 heterocycles. The highest BCUT2D eigenvalue weighted by Gasteiger charge is 2.11. The van der Waals surface area contributed by atoms with Crippen molar-refractivity contribution in [1.82, 2.24) is 5.32 Å². The molecule has 1 aliphatic rings. The quantitative estimate of drug-likeness (QED) is 0.721. The zero-order valence-corrected chi connectivity index (χ0v) is 8.66. The van der Waals surface area contributed by atoms with Crippen molar-refractivity contribution in [2.45, 2.75) is 25.7 Å². The van der Waals surface area contributed by atoms with E-state index in [0.29, 0.717) is 0 Å². The van der Waals surface area contributed by atoms with Crippen LogP contribution < -0.4 is 5.32 Å². The average molecular weight is 189 g/mol. The Balaban J connectivity index is 2.16. The molecule has 3 heteroatoms. The summed E-state index contributed by atoms with van der Waals surface area (Å²) in [7, 11) is -0.601. The van der Waals surface area contributed by atoms with Crippen LogP contribution in [-0.4, -0.2) is 29.3 Å². The predicted molar refractivity (Wildman–Crippen MR) is 53.8 cm³/mol. The van der Waals surface area contributed by atoms with Gasteiger partial charge < -0.3 is 5.32 Å². The van der Waals surface area contributed by atoms with Crippen LogP contribution in [-0.2, 0) is 10.8 Å². The van der Waals surface area contributed by atoms with Crippen LogP contribution in [0.5, 0.6) is 0 Å². The fourth-order valence-corrected chi connectivity index (χ4v) is 2.34. The lowest BCUT2D eigenvalue weighted by molar-refractivity contribution is 0.467. The van der Waals surface area contributed by atoms with Crippen molar-refractivity contribution in [3.63, 3.8) is 0 Å². The van der Waals surface area contributed by atoms with Gasteiger partial charge in [0.15, 0.2) is 0 Å². The fourth-order valence-electron chi connectivity index (χ4n) is 1.67. The second kappa shape index (κ2) is 5.70. The van der Waals surface area contributed by atoms with Crippen molar-refractivity contribution in [3.05, 3.63) is 0 Å². The summed E-state index contributed by atoms with van der Waals surface area (Å²) in [5.74, 6) is 1.66. The normalized spacial score (nSPS) is 27.9. The highest BCUT2D eigenvalue weighted by atomic mass is 32.2. The molecule has 1 aliphatic heterocycles. The lowest BCUT2D eigenvalue weighted by Crippen LogP contribution is -2.21. The van der Waals surface area contributed by atoms with Crippen LogP contribution in [0, 0.1) is 5.92 Å². The van der Waals surface area contributed by atoms with E-state index in [1.807, 2.05) is 0 Å². The van der Waals surface area contributed by atoms with Crippen LogP contribution in [0.3, 0.4) is 0 Å². The van der Waals surface area contributed by atoms with Crippen LogP contribution >= 0.6 is 0 Å². The molecule has 0 aliphatic carbocycles. The maximum absolute atomic E-state index is 10.9. The highest BCUT2D eigenvalue weighted by Crippen LogP contribution is 2.14. The zero-order valence-electron chi connectivity index (χ0n) is 7.84. The zero-order chi connectivity index (χ0) is 8.81. The topological polar surface area (TPSA) is 29.1 Å². The summed E-state index contributed by atoms with van der Waals surface area (Å²) in [6, 6.07) is 0. The van der Waals surface area contributed by atoms with Gasteiger partial charge in [0.25, 0.3) is 0 Å². The average Bonchev–Trinajstić information content (AvgIpc) is 2.28. The van der Waals surface area contributed by atoms with Crippen LogP contribution in [0.4, 0.5) is 0 Å². The Morgan fingerprint density at radius 3 is 3.08 bits per heavy atom. The van der Waals surface area contributed by atoms with Gasteiger partial charge in [-0.05, 0) is 38.3 Å². The molecule has 0 radical (unpaired) electrons. The van der Waals surface area contributed by atoms with E-state index in [2.05, 4.69) is 5.32 Å². The predicted octanol–water partition coefficient (Wildman–Crippen LogP) is 1.14. The maximum Gasteiger partial charge on any atom is 0.0235 e. The molecule has 0 aromatic carbocycles. The third-order valence-electron chi connectivity index (χ3n) is 2.46. The number of rotatable bonds is 3. The molecule has 2 nitrogen and oxygen atoms in total. The number of hydrogen-bond donors (Lipinski definition) is 1. The molecule has 1 N–H and O–H groups in total. The van der Waals surface area contributed by atoms with Gasteiger partial charge in [-0.15, -0.1) is 0 Å². The molecule has 2 unspecified atom stereocenters. The van der Waals surface area contributed by atoms with Crippen LogP contribution in [0.15, 0.2) is 0 Å². The molecular weight excluding hydrogens is 170 g/mol. The summed E-state index contributed by atoms with van der Waals surface area (Å²) in [5, 5.41) is 3.42. The number of nitrogens with one attached hydrogen (secondary N) is 1. The minimum absolute atomic E-state index is 0.601. The van der Waals surface area contributed by atoms with Crippen molar-refractivity contribution >= 4 is 10.8 Å². The summed E-state index contributed by atoms with van der Waals surface area (Å²) < 4.78 is 10.9. The van der Waals surface area contributed by atoms with E-state index in [0.717, 1.165) is 24.6 Å². The van der Waals surface area contributed by atoms with Gasteiger partial charge >= 0.3 is 0 Å². The first-order valence-electron chi connectivity index (χ1n) is 4.80. The summed E-state index contributed by atoms with van der Waals surface area (Å²) in [5.41, 5.74) is 0. The monoisotopic (exact) mass is 189 g/mol. The summed E-state index contributed by atoms with van der Waals surface area (Å²) in [6.07, 6.45) is 6.91. The summed E-state index contributed by atoms with van der Waals surface area (Å²) in [6.45, 7) is 2.31. The third kappa shape index (κ3) is 4.21. The fraction of sp³-hybridized carbons (Fsp3) is 1.00. The van der Waals surface area contributed by atoms with Gasteiger partial charge in [0, 0.05) is 22.8 Å². The van der Waals surface area contributed by atoms with Crippen LogP contribution in [0.2, 0.25) is 0 Å². The molecule has 0 aromatic rings. The van der Waals surface area contributed by atoms with Crippen molar-refractivity contribution in [1.29, 1.82) is 0 Å². The second-order valence-electron chi connectivity index (χ2n) is 3.63. The molecule has 0 saturated carbocycles. The molecule has 0 bridgehead atoms. The Morgan fingerprint density at radius 1 is 1.50 bits per heavy atom. The first-order chi connectivity index (χ1) is 5.79. The van der Waals surface area contributed by atoms with E-state index >= 15 is 0 Å². The van der Waals surface area contributed by atoms with E-state index < -0.39 is 10.8 Å². The summed E-state index contributed by atoms with van der Waals surface area (Å²) in [4.78, 5) is 0. The van der Waals surface area contributed by atoms with E-state index in [9.17, 15) is 4.21 Å². The van der Waals surface area contributed by atoms with Crippen molar-refractivity contribution in [2.75, 3.05) is 25.1 Å². The minimum Gasteiger partial charge on any atom is -0.316 e. The van der Waals surface area contributed by atoms with Crippen LogP contribution in [0.25, 0.3) is 0 Å². The van der Waals surface area contributed by atoms with E-state index in [1.165, 1.54) is 25.8 Å². The molecular formula is C9H19NOS. The Hall–Kier alpha value is 0.110. The molecule has 0 aromatic heterocycles. The lowest BCUT2D eigenvalue weighted by atomic mass is 10.0. The molecule has 1 rings (SSSR count). The Bertz CT molecular complexity index is 141. The first-order valence-corrected chi connectivity index (χ1v) is 6.52. The van der Waals surface area contributed by atoms with Gasteiger partial charge in [-0.25, -0.2) is 0 Å². The Kier molecular flexibility index (Phi) is 4.84. The first kappa shape index (κ1) is 10.2. The standard InChI is InChI=1S/C9H19NOS/c1-12(11)7-5-9-4-2-3-6-10-8-9/h9-10H,2-8H2,1H3. The minimum atomic E-state index is -0.601. The summed E-state index contributed by atoms with van der Waals surface area (Å²) >= 11 is 0. The van der Waals surface area contributed by atoms with Gasteiger partial charge in [-0.2, -0.15) is 0 Å². The molecule has 1 fully saturated rings. The van der Waals surface area contributed by atoms with Crippen molar-refractivity contribution in [2.24, 2.45) is 5.92 Å². The largest absolute Gasteiger partial charge is 0.316 e. The Morgan fingerprint density at radius 2 is 2.33 bits per heavy atom. The van der Waals surface area contributed by atoms with Crippen molar-refractivity contribution < 1.29 is 4.21 Å². The number of hydrogen-bond acceptors (Lipinski definition) is 2. The molecule has 2 atom stereocenters. The van der Waals surface area contributed by atoms with Gasteiger partial charge in [-0.3, -0.25) is 4.21 Å². The SMILES string of the molecule is CS(=O)CCC1CCCCNC1. The van der Waals surface area contributed by atoms with Crippen molar-refractivity contribution in [3.8, 4) is 0 Å². The molecule has 72 valence electrons. The molecule has 12 heavy (non-hydrogen) atoms. The maximum atomic E-state index is 10.9. The molecule has 1 saturated heterocycles. The van der Waals surface area contributed by atoms with Gasteiger partial charge in [0.1, 0.15) is 0 Å². The molecule has 0 spiro atoms. The van der Waals surface area contributed by atoms with Gasteiger partial charge in [0.2, 0.25) is 0 Å². The van der Waals surface area contributed by atoms with E-state index in [1.54, 1.807) is 6.26 Å². The smallest absolute Gasteiger partial charge is 0.0235 e. The van der Waals surface area contributed by atoms with E-state index in [4.69, 9.17) is 0 Å².